The number of rotatable bonds is 8. The SMILES string of the molecule is CC(CCCO)NC(=O)C(C)CCCN. The minimum absolute atomic E-state index is 0.0325. The molecular formula is C11H24N2O2. The van der Waals surface area contributed by atoms with Crippen LogP contribution in [0.2, 0.25) is 0 Å². The predicted octanol–water partition coefficient (Wildman–Crippen LogP) is 0.639. The van der Waals surface area contributed by atoms with Crippen LogP contribution in [0.25, 0.3) is 0 Å². The van der Waals surface area contributed by atoms with Gasteiger partial charge in [-0.05, 0) is 39.2 Å². The van der Waals surface area contributed by atoms with Crippen LogP contribution < -0.4 is 11.1 Å². The summed E-state index contributed by atoms with van der Waals surface area (Å²) in [5.74, 6) is 0.124. The monoisotopic (exact) mass is 216 g/mol. The van der Waals surface area contributed by atoms with Crippen molar-refractivity contribution in [2.75, 3.05) is 13.2 Å². The van der Waals surface area contributed by atoms with Crippen molar-refractivity contribution >= 4 is 5.91 Å². The lowest BCUT2D eigenvalue weighted by Crippen LogP contribution is -2.36. The maximum atomic E-state index is 11.6. The van der Waals surface area contributed by atoms with E-state index in [1.54, 1.807) is 0 Å². The van der Waals surface area contributed by atoms with Crippen molar-refractivity contribution in [3.8, 4) is 0 Å². The van der Waals surface area contributed by atoms with Gasteiger partial charge in [-0.3, -0.25) is 4.79 Å². The summed E-state index contributed by atoms with van der Waals surface area (Å²) in [5.41, 5.74) is 5.38. The molecule has 0 bridgehead atoms. The van der Waals surface area contributed by atoms with Gasteiger partial charge in [-0.2, -0.15) is 0 Å². The maximum absolute atomic E-state index is 11.6. The van der Waals surface area contributed by atoms with E-state index < -0.39 is 0 Å². The van der Waals surface area contributed by atoms with Gasteiger partial charge in [0.15, 0.2) is 0 Å². The number of nitrogens with one attached hydrogen (secondary N) is 1. The highest BCUT2D eigenvalue weighted by Crippen LogP contribution is 2.06. The summed E-state index contributed by atoms with van der Waals surface area (Å²) in [7, 11) is 0. The fourth-order valence-electron chi connectivity index (χ4n) is 1.41. The van der Waals surface area contributed by atoms with E-state index in [4.69, 9.17) is 10.8 Å². The first kappa shape index (κ1) is 14.4. The number of carbonyl (C=O) groups excluding carboxylic acids is 1. The van der Waals surface area contributed by atoms with Crippen molar-refractivity contribution in [1.82, 2.24) is 5.32 Å². The second-order valence-corrected chi connectivity index (χ2v) is 4.11. The molecule has 15 heavy (non-hydrogen) atoms. The van der Waals surface area contributed by atoms with Crippen molar-refractivity contribution in [1.29, 1.82) is 0 Å². The van der Waals surface area contributed by atoms with Crippen LogP contribution in [0, 0.1) is 5.92 Å². The zero-order chi connectivity index (χ0) is 11.7. The molecule has 0 aromatic heterocycles. The van der Waals surface area contributed by atoms with Gasteiger partial charge in [-0.1, -0.05) is 6.92 Å². The van der Waals surface area contributed by atoms with E-state index in [9.17, 15) is 4.79 Å². The zero-order valence-electron chi connectivity index (χ0n) is 9.83. The van der Waals surface area contributed by atoms with Crippen molar-refractivity contribution in [2.45, 2.75) is 45.6 Å². The first-order valence-electron chi connectivity index (χ1n) is 5.73. The number of carbonyl (C=O) groups is 1. The summed E-state index contributed by atoms with van der Waals surface area (Å²) >= 11 is 0. The molecule has 0 aliphatic rings. The molecule has 0 aromatic carbocycles. The van der Waals surface area contributed by atoms with Gasteiger partial charge in [-0.15, -0.1) is 0 Å². The summed E-state index contributed by atoms with van der Waals surface area (Å²) in [6.07, 6.45) is 3.29. The van der Waals surface area contributed by atoms with Crippen LogP contribution in [-0.4, -0.2) is 30.2 Å². The Morgan fingerprint density at radius 3 is 2.53 bits per heavy atom. The van der Waals surface area contributed by atoms with Crippen LogP contribution in [0.5, 0.6) is 0 Å². The first-order chi connectivity index (χ1) is 7.11. The number of nitrogens with two attached hydrogens (primary N) is 1. The van der Waals surface area contributed by atoms with Crippen molar-refractivity contribution in [3.05, 3.63) is 0 Å². The summed E-state index contributed by atoms with van der Waals surface area (Å²) in [5, 5.41) is 11.6. The lowest BCUT2D eigenvalue weighted by molar-refractivity contribution is -0.125. The van der Waals surface area contributed by atoms with Crippen LogP contribution in [0.3, 0.4) is 0 Å². The average Bonchev–Trinajstić information content (AvgIpc) is 2.22. The normalized spacial score (nSPS) is 14.7. The Balaban J connectivity index is 3.70. The largest absolute Gasteiger partial charge is 0.396 e. The molecular weight excluding hydrogens is 192 g/mol. The Kier molecular flexibility index (Phi) is 8.33. The van der Waals surface area contributed by atoms with Gasteiger partial charge in [-0.25, -0.2) is 0 Å². The third-order valence-electron chi connectivity index (χ3n) is 2.47. The molecule has 0 heterocycles. The summed E-state index contributed by atoms with van der Waals surface area (Å²) in [6, 6.07) is 0.143. The van der Waals surface area contributed by atoms with Gasteiger partial charge in [0.2, 0.25) is 5.91 Å². The Labute approximate surface area is 92.2 Å². The molecule has 0 saturated carbocycles. The molecule has 0 radical (unpaired) electrons. The van der Waals surface area contributed by atoms with Gasteiger partial charge >= 0.3 is 0 Å². The number of hydrogen-bond acceptors (Lipinski definition) is 3. The molecule has 0 rings (SSSR count). The molecule has 0 aliphatic carbocycles. The number of hydrogen-bond donors (Lipinski definition) is 3. The molecule has 4 N–H and O–H groups in total. The van der Waals surface area contributed by atoms with Crippen LogP contribution in [0.1, 0.15) is 39.5 Å². The van der Waals surface area contributed by atoms with Crippen molar-refractivity contribution in [2.24, 2.45) is 11.7 Å². The summed E-state index contributed by atoms with van der Waals surface area (Å²) in [4.78, 5) is 11.6. The Bertz CT molecular complexity index is 174. The molecule has 0 aromatic rings. The van der Waals surface area contributed by atoms with Crippen LogP contribution in [0.15, 0.2) is 0 Å². The van der Waals surface area contributed by atoms with Gasteiger partial charge < -0.3 is 16.2 Å². The third kappa shape index (κ3) is 7.33. The first-order valence-corrected chi connectivity index (χ1v) is 5.73. The second kappa shape index (κ2) is 8.68. The number of amides is 1. The Hall–Kier alpha value is -0.610. The van der Waals surface area contributed by atoms with Gasteiger partial charge in [0.05, 0.1) is 0 Å². The standard InChI is InChI=1S/C11H24N2O2/c1-9(5-3-7-12)11(15)13-10(2)6-4-8-14/h9-10,14H,3-8,12H2,1-2H3,(H,13,15). The molecule has 0 fully saturated rings. The molecule has 2 atom stereocenters. The van der Waals surface area contributed by atoms with E-state index >= 15 is 0 Å². The zero-order valence-corrected chi connectivity index (χ0v) is 9.83. The molecule has 1 amide bonds. The van der Waals surface area contributed by atoms with E-state index in [0.29, 0.717) is 6.54 Å². The maximum Gasteiger partial charge on any atom is 0.223 e. The molecule has 0 saturated heterocycles. The molecule has 0 spiro atoms. The Morgan fingerprint density at radius 1 is 1.33 bits per heavy atom. The summed E-state index contributed by atoms with van der Waals surface area (Å²) in [6.45, 7) is 4.70. The molecule has 90 valence electrons. The minimum Gasteiger partial charge on any atom is -0.396 e. The van der Waals surface area contributed by atoms with E-state index in [-0.39, 0.29) is 24.5 Å². The molecule has 4 heteroatoms. The second-order valence-electron chi connectivity index (χ2n) is 4.11. The number of aliphatic hydroxyl groups excluding tert-OH is 1. The lowest BCUT2D eigenvalue weighted by Gasteiger charge is -2.17. The van der Waals surface area contributed by atoms with E-state index in [0.717, 1.165) is 25.7 Å². The molecule has 0 aliphatic heterocycles. The lowest BCUT2D eigenvalue weighted by atomic mass is 10.0. The van der Waals surface area contributed by atoms with E-state index in [1.807, 2.05) is 13.8 Å². The van der Waals surface area contributed by atoms with Gasteiger partial charge in [0.25, 0.3) is 0 Å². The average molecular weight is 216 g/mol. The quantitative estimate of drug-likeness (QED) is 0.557. The van der Waals surface area contributed by atoms with Crippen LogP contribution >= 0.6 is 0 Å². The van der Waals surface area contributed by atoms with Crippen molar-refractivity contribution < 1.29 is 9.90 Å². The predicted molar refractivity (Wildman–Crippen MR) is 61.4 cm³/mol. The Morgan fingerprint density at radius 2 is 2.00 bits per heavy atom. The van der Waals surface area contributed by atoms with Crippen LogP contribution in [-0.2, 0) is 4.79 Å². The van der Waals surface area contributed by atoms with Gasteiger partial charge in [0, 0.05) is 18.6 Å². The summed E-state index contributed by atoms with van der Waals surface area (Å²) < 4.78 is 0. The fourth-order valence-corrected chi connectivity index (χ4v) is 1.41. The number of aliphatic hydroxyl groups is 1. The highest BCUT2D eigenvalue weighted by molar-refractivity contribution is 5.78. The highest BCUT2D eigenvalue weighted by Gasteiger charge is 2.14. The highest BCUT2D eigenvalue weighted by atomic mass is 16.2. The third-order valence-corrected chi connectivity index (χ3v) is 2.47. The fraction of sp³-hybridized carbons (Fsp3) is 0.909. The topological polar surface area (TPSA) is 75.3 Å². The van der Waals surface area contributed by atoms with Gasteiger partial charge in [0.1, 0.15) is 0 Å². The van der Waals surface area contributed by atoms with E-state index in [1.165, 1.54) is 0 Å². The van der Waals surface area contributed by atoms with E-state index in [2.05, 4.69) is 5.32 Å². The van der Waals surface area contributed by atoms with Crippen LogP contribution in [0.4, 0.5) is 0 Å². The molecule has 2 unspecified atom stereocenters. The molecule has 4 nitrogen and oxygen atoms in total. The van der Waals surface area contributed by atoms with Crippen molar-refractivity contribution in [3.63, 3.8) is 0 Å². The smallest absolute Gasteiger partial charge is 0.223 e. The minimum atomic E-state index is 0.0325.